The molecule has 4 heteroatoms. The van der Waals surface area contributed by atoms with E-state index < -0.39 is 0 Å². The second kappa shape index (κ2) is 5.39. The molecule has 0 saturated carbocycles. The van der Waals surface area contributed by atoms with Crippen molar-refractivity contribution < 1.29 is 4.39 Å². The summed E-state index contributed by atoms with van der Waals surface area (Å²) in [6.45, 7) is 3.94. The van der Waals surface area contributed by atoms with Gasteiger partial charge in [-0.2, -0.15) is 0 Å². The van der Waals surface area contributed by atoms with Gasteiger partial charge in [-0.3, -0.25) is 5.84 Å². The lowest BCUT2D eigenvalue weighted by Crippen LogP contribution is -2.26. The monoisotopic (exact) mass is 272 g/mol. The summed E-state index contributed by atoms with van der Waals surface area (Å²) in [6.07, 6.45) is 1.95. The SMILES string of the molecule is CC(C)=CC(NN)c1ccc(Br)c(F)c1. The maximum absolute atomic E-state index is 13.3. The van der Waals surface area contributed by atoms with Gasteiger partial charge in [-0.15, -0.1) is 0 Å². The maximum atomic E-state index is 13.3. The van der Waals surface area contributed by atoms with Crippen molar-refractivity contribution in [3.8, 4) is 0 Å². The van der Waals surface area contributed by atoms with Crippen LogP contribution in [-0.4, -0.2) is 0 Å². The molecule has 82 valence electrons. The van der Waals surface area contributed by atoms with E-state index in [1.165, 1.54) is 6.07 Å². The quantitative estimate of drug-likeness (QED) is 0.504. The third kappa shape index (κ3) is 3.41. The molecule has 1 aromatic rings. The van der Waals surface area contributed by atoms with Crippen LogP contribution in [0.3, 0.4) is 0 Å². The van der Waals surface area contributed by atoms with Gasteiger partial charge in [-0.1, -0.05) is 17.7 Å². The molecule has 0 aliphatic carbocycles. The van der Waals surface area contributed by atoms with Crippen molar-refractivity contribution in [2.24, 2.45) is 5.84 Å². The van der Waals surface area contributed by atoms with E-state index in [1.807, 2.05) is 26.0 Å². The summed E-state index contributed by atoms with van der Waals surface area (Å²) in [6, 6.07) is 4.82. The number of hydrogen-bond donors (Lipinski definition) is 2. The van der Waals surface area contributed by atoms with Crippen molar-refractivity contribution in [2.75, 3.05) is 0 Å². The molecule has 2 nitrogen and oxygen atoms in total. The molecule has 0 fully saturated rings. The van der Waals surface area contributed by atoms with E-state index in [4.69, 9.17) is 5.84 Å². The predicted octanol–water partition coefficient (Wildman–Crippen LogP) is 3.06. The Kier molecular flexibility index (Phi) is 4.45. The molecule has 1 aromatic carbocycles. The molecule has 1 atom stereocenters. The van der Waals surface area contributed by atoms with Gasteiger partial charge in [0.2, 0.25) is 0 Å². The van der Waals surface area contributed by atoms with Gasteiger partial charge in [0, 0.05) is 0 Å². The second-order valence-electron chi connectivity index (χ2n) is 3.56. The minimum atomic E-state index is -0.282. The molecule has 1 rings (SSSR count). The van der Waals surface area contributed by atoms with Crippen LogP contribution in [0.4, 0.5) is 4.39 Å². The summed E-state index contributed by atoms with van der Waals surface area (Å²) in [7, 11) is 0. The van der Waals surface area contributed by atoms with Crippen LogP contribution in [0.1, 0.15) is 25.5 Å². The molecule has 0 radical (unpaired) electrons. The highest BCUT2D eigenvalue weighted by Crippen LogP contribution is 2.21. The van der Waals surface area contributed by atoms with Gasteiger partial charge in [0.25, 0.3) is 0 Å². The lowest BCUT2D eigenvalue weighted by molar-refractivity contribution is 0.605. The zero-order valence-electron chi connectivity index (χ0n) is 8.72. The molecule has 0 aliphatic rings. The van der Waals surface area contributed by atoms with Crippen LogP contribution in [0.2, 0.25) is 0 Å². The molecule has 0 aromatic heterocycles. The number of nitrogens with one attached hydrogen (secondary N) is 1. The van der Waals surface area contributed by atoms with Gasteiger partial charge in [-0.05, 0) is 47.5 Å². The fourth-order valence-corrected chi connectivity index (χ4v) is 1.53. The van der Waals surface area contributed by atoms with E-state index in [0.717, 1.165) is 11.1 Å². The molecule has 0 saturated heterocycles. The number of allylic oxidation sites excluding steroid dienone is 1. The van der Waals surface area contributed by atoms with Crippen LogP contribution in [0, 0.1) is 5.82 Å². The van der Waals surface area contributed by atoms with Crippen LogP contribution >= 0.6 is 15.9 Å². The first-order valence-corrected chi connectivity index (χ1v) is 5.40. The zero-order chi connectivity index (χ0) is 11.4. The zero-order valence-corrected chi connectivity index (χ0v) is 10.3. The van der Waals surface area contributed by atoms with Gasteiger partial charge in [-0.25, -0.2) is 9.82 Å². The smallest absolute Gasteiger partial charge is 0.137 e. The Morgan fingerprint density at radius 1 is 1.53 bits per heavy atom. The largest absolute Gasteiger partial charge is 0.271 e. The Bertz CT molecular complexity index is 373. The summed E-state index contributed by atoms with van der Waals surface area (Å²) >= 11 is 3.11. The second-order valence-corrected chi connectivity index (χ2v) is 4.42. The molecule has 0 spiro atoms. The van der Waals surface area contributed by atoms with Crippen molar-refractivity contribution in [1.82, 2.24) is 5.43 Å². The lowest BCUT2D eigenvalue weighted by Gasteiger charge is -2.13. The topological polar surface area (TPSA) is 38.0 Å². The van der Waals surface area contributed by atoms with E-state index in [-0.39, 0.29) is 11.9 Å². The highest BCUT2D eigenvalue weighted by Gasteiger charge is 2.08. The van der Waals surface area contributed by atoms with Crippen molar-refractivity contribution in [3.63, 3.8) is 0 Å². The minimum absolute atomic E-state index is 0.155. The summed E-state index contributed by atoms with van der Waals surface area (Å²) in [5.74, 6) is 5.13. The Balaban J connectivity index is 3.03. The summed E-state index contributed by atoms with van der Waals surface area (Å²) in [5, 5.41) is 0. The van der Waals surface area contributed by atoms with Crippen LogP contribution in [0.25, 0.3) is 0 Å². The number of nitrogens with two attached hydrogens (primary N) is 1. The number of hydrogen-bond acceptors (Lipinski definition) is 2. The average molecular weight is 273 g/mol. The Morgan fingerprint density at radius 2 is 2.20 bits per heavy atom. The summed E-state index contributed by atoms with van der Waals surface area (Å²) in [4.78, 5) is 0. The van der Waals surface area contributed by atoms with Crippen molar-refractivity contribution >= 4 is 15.9 Å². The molecule has 15 heavy (non-hydrogen) atoms. The number of halogens is 2. The Labute approximate surface area is 97.5 Å². The van der Waals surface area contributed by atoms with Crippen molar-refractivity contribution in [3.05, 3.63) is 45.7 Å². The van der Waals surface area contributed by atoms with E-state index in [1.54, 1.807) is 6.07 Å². The Hall–Kier alpha value is -0.710. The summed E-state index contributed by atoms with van der Waals surface area (Å²) in [5.41, 5.74) is 4.57. The van der Waals surface area contributed by atoms with Crippen molar-refractivity contribution in [2.45, 2.75) is 19.9 Å². The van der Waals surface area contributed by atoms with Gasteiger partial charge >= 0.3 is 0 Å². The highest BCUT2D eigenvalue weighted by atomic mass is 79.9. The molecule has 0 bridgehead atoms. The van der Waals surface area contributed by atoms with E-state index >= 15 is 0 Å². The third-order valence-corrected chi connectivity index (χ3v) is 2.63. The lowest BCUT2D eigenvalue weighted by atomic mass is 10.1. The van der Waals surface area contributed by atoms with Gasteiger partial charge in [0.15, 0.2) is 0 Å². The predicted molar refractivity (Wildman–Crippen MR) is 63.6 cm³/mol. The third-order valence-electron chi connectivity index (χ3n) is 1.98. The first-order valence-electron chi connectivity index (χ1n) is 4.60. The van der Waals surface area contributed by atoms with Crippen molar-refractivity contribution in [1.29, 1.82) is 0 Å². The molecule has 0 amide bonds. The fraction of sp³-hybridized carbons (Fsp3) is 0.273. The number of benzene rings is 1. The highest BCUT2D eigenvalue weighted by molar-refractivity contribution is 9.10. The molecule has 0 heterocycles. The Morgan fingerprint density at radius 3 is 2.67 bits per heavy atom. The van der Waals surface area contributed by atoms with E-state index in [9.17, 15) is 4.39 Å². The minimum Gasteiger partial charge on any atom is -0.271 e. The maximum Gasteiger partial charge on any atom is 0.137 e. The number of rotatable bonds is 3. The standard InChI is InChI=1S/C11H14BrFN2/c1-7(2)5-11(15-14)8-3-4-9(12)10(13)6-8/h3-6,11,15H,14H2,1-2H3. The fourth-order valence-electron chi connectivity index (χ4n) is 1.28. The van der Waals surface area contributed by atoms with Gasteiger partial charge < -0.3 is 0 Å². The average Bonchev–Trinajstić information content (AvgIpc) is 2.18. The number of hydrazine groups is 1. The molecule has 0 aliphatic heterocycles. The van der Waals surface area contributed by atoms with E-state index in [2.05, 4.69) is 21.4 Å². The van der Waals surface area contributed by atoms with Crippen LogP contribution in [0.5, 0.6) is 0 Å². The van der Waals surface area contributed by atoms with Crippen LogP contribution < -0.4 is 11.3 Å². The molecular formula is C11H14BrFN2. The first-order chi connectivity index (χ1) is 7.04. The van der Waals surface area contributed by atoms with Gasteiger partial charge in [0.1, 0.15) is 5.82 Å². The molecule has 1 unspecified atom stereocenters. The summed E-state index contributed by atoms with van der Waals surface area (Å²) < 4.78 is 13.7. The van der Waals surface area contributed by atoms with E-state index in [0.29, 0.717) is 4.47 Å². The first kappa shape index (κ1) is 12.4. The van der Waals surface area contributed by atoms with Crippen LogP contribution in [-0.2, 0) is 0 Å². The molecular weight excluding hydrogens is 259 g/mol. The normalized spacial score (nSPS) is 12.3. The van der Waals surface area contributed by atoms with Gasteiger partial charge in [0.05, 0.1) is 10.5 Å². The van der Waals surface area contributed by atoms with Crippen LogP contribution in [0.15, 0.2) is 34.3 Å². The molecule has 3 N–H and O–H groups in total.